The van der Waals surface area contributed by atoms with E-state index in [9.17, 15) is 9.59 Å². The van der Waals surface area contributed by atoms with Crippen LogP contribution in [-0.4, -0.2) is 19.0 Å². The molecule has 0 spiro atoms. The number of hydrogen-bond donors (Lipinski definition) is 1. The monoisotopic (exact) mass is 377 g/mol. The Balaban J connectivity index is 1.88. The number of nitrogens with one attached hydrogen (secondary N) is 1. The molecule has 3 rings (SSSR count). The first-order valence-corrected chi connectivity index (χ1v) is 10.3. The molecule has 0 radical (unpaired) electrons. The van der Waals surface area contributed by atoms with E-state index in [0.29, 0.717) is 22.0 Å². The van der Waals surface area contributed by atoms with Crippen LogP contribution in [0.1, 0.15) is 62.7 Å². The molecule has 1 aliphatic rings. The summed E-state index contributed by atoms with van der Waals surface area (Å²) in [5.41, 5.74) is 2.26. The van der Waals surface area contributed by atoms with Crippen molar-refractivity contribution < 1.29 is 14.3 Å². The number of carbonyl (C=O) groups excluding carboxylic acids is 2. The molecule has 1 amide bonds. The molecule has 4 nitrogen and oxygen atoms in total. The number of anilines is 1. The summed E-state index contributed by atoms with van der Waals surface area (Å²) in [5.74, 6) is 0.0865. The lowest BCUT2D eigenvalue weighted by Gasteiger charge is -2.18. The number of aryl methyl sites for hydroxylation is 1. The highest BCUT2D eigenvalue weighted by atomic mass is 32.1. The fourth-order valence-corrected chi connectivity index (χ4v) is 5.57. The molecule has 2 aromatic rings. The van der Waals surface area contributed by atoms with Crippen LogP contribution < -0.4 is 5.32 Å². The van der Waals surface area contributed by atoms with Crippen LogP contribution in [0.15, 0.2) is 11.4 Å². The van der Waals surface area contributed by atoms with Crippen molar-refractivity contribution in [2.45, 2.75) is 46.0 Å². The lowest BCUT2D eigenvalue weighted by atomic mass is 9.88. The Morgan fingerprint density at radius 2 is 2.20 bits per heavy atom. The number of amides is 1. The molecule has 25 heavy (non-hydrogen) atoms. The van der Waals surface area contributed by atoms with Gasteiger partial charge in [0, 0.05) is 15.1 Å². The Labute approximate surface area is 156 Å². The molecule has 1 atom stereocenters. The van der Waals surface area contributed by atoms with Crippen LogP contribution in [0, 0.1) is 5.92 Å². The smallest absolute Gasteiger partial charge is 0.341 e. The highest BCUT2D eigenvalue weighted by molar-refractivity contribution is 7.17. The van der Waals surface area contributed by atoms with E-state index in [4.69, 9.17) is 4.74 Å². The van der Waals surface area contributed by atoms with E-state index in [1.54, 1.807) is 11.3 Å². The number of rotatable bonds is 5. The molecular formula is C19H23NO3S2. The van der Waals surface area contributed by atoms with Crippen molar-refractivity contribution >= 4 is 39.6 Å². The van der Waals surface area contributed by atoms with Gasteiger partial charge in [0.05, 0.1) is 18.2 Å². The van der Waals surface area contributed by atoms with E-state index in [0.717, 1.165) is 37.7 Å². The lowest BCUT2D eigenvalue weighted by Crippen LogP contribution is -2.15. The summed E-state index contributed by atoms with van der Waals surface area (Å²) in [5, 5.41) is 5.46. The Hall–Kier alpha value is -1.66. The Kier molecular flexibility index (Phi) is 5.59. The standard InChI is InChI=1S/C19H23NO3S2/c1-4-5-13-9-12(10-24-13)17(21)20-18-16(19(22)23-3)14-7-6-11(2)8-15(14)25-18/h9-11H,4-8H2,1-3H3,(H,20,21)/t11-/m0/s1. The van der Waals surface area contributed by atoms with E-state index >= 15 is 0 Å². The van der Waals surface area contributed by atoms with Gasteiger partial charge in [0.25, 0.3) is 5.91 Å². The van der Waals surface area contributed by atoms with E-state index in [1.165, 1.54) is 28.2 Å². The minimum atomic E-state index is -0.362. The number of ether oxygens (including phenoxy) is 1. The van der Waals surface area contributed by atoms with Crippen LogP contribution in [-0.2, 0) is 24.0 Å². The molecule has 0 saturated heterocycles. The van der Waals surface area contributed by atoms with Crippen LogP contribution in [0.2, 0.25) is 0 Å². The van der Waals surface area contributed by atoms with Crippen molar-refractivity contribution in [1.29, 1.82) is 0 Å². The SMILES string of the molecule is CCCc1cc(C(=O)Nc2sc3c(c2C(=O)OC)CC[C@H](C)C3)cs1. The van der Waals surface area contributed by atoms with Gasteiger partial charge in [-0.25, -0.2) is 4.79 Å². The quantitative estimate of drug-likeness (QED) is 0.752. The molecule has 0 aromatic carbocycles. The topological polar surface area (TPSA) is 55.4 Å². The van der Waals surface area contributed by atoms with Crippen LogP contribution in [0.4, 0.5) is 5.00 Å². The summed E-state index contributed by atoms with van der Waals surface area (Å²) in [6, 6.07) is 1.94. The van der Waals surface area contributed by atoms with Gasteiger partial charge in [0.15, 0.2) is 0 Å². The van der Waals surface area contributed by atoms with Crippen molar-refractivity contribution in [1.82, 2.24) is 0 Å². The van der Waals surface area contributed by atoms with Gasteiger partial charge in [-0.2, -0.15) is 0 Å². The summed E-state index contributed by atoms with van der Waals surface area (Å²) < 4.78 is 4.97. The van der Waals surface area contributed by atoms with E-state index in [1.807, 2.05) is 11.4 Å². The van der Waals surface area contributed by atoms with E-state index in [-0.39, 0.29) is 11.9 Å². The summed E-state index contributed by atoms with van der Waals surface area (Å²) >= 11 is 3.13. The largest absolute Gasteiger partial charge is 0.465 e. The Morgan fingerprint density at radius 3 is 2.92 bits per heavy atom. The van der Waals surface area contributed by atoms with E-state index in [2.05, 4.69) is 19.2 Å². The van der Waals surface area contributed by atoms with Gasteiger partial charge in [0.1, 0.15) is 5.00 Å². The predicted octanol–water partition coefficient (Wildman–Crippen LogP) is 4.93. The summed E-state index contributed by atoms with van der Waals surface area (Å²) in [4.78, 5) is 27.3. The van der Waals surface area contributed by atoms with Gasteiger partial charge in [0.2, 0.25) is 0 Å². The predicted molar refractivity (Wildman–Crippen MR) is 103 cm³/mol. The molecule has 0 saturated carbocycles. The molecule has 0 aliphatic heterocycles. The Bertz CT molecular complexity index is 791. The maximum absolute atomic E-state index is 12.6. The third kappa shape index (κ3) is 3.80. The number of fused-ring (bicyclic) bond motifs is 1. The lowest BCUT2D eigenvalue weighted by molar-refractivity contribution is 0.0601. The second kappa shape index (κ2) is 7.70. The zero-order chi connectivity index (χ0) is 18.0. The summed E-state index contributed by atoms with van der Waals surface area (Å²) in [6.45, 7) is 4.35. The first-order valence-electron chi connectivity index (χ1n) is 8.65. The van der Waals surface area contributed by atoms with Gasteiger partial charge in [-0.1, -0.05) is 20.3 Å². The molecule has 6 heteroatoms. The normalized spacial score (nSPS) is 16.4. The Morgan fingerprint density at radius 1 is 1.40 bits per heavy atom. The van der Waals surface area contributed by atoms with Crippen LogP contribution in [0.25, 0.3) is 0 Å². The third-order valence-electron chi connectivity index (χ3n) is 4.54. The highest BCUT2D eigenvalue weighted by Gasteiger charge is 2.29. The van der Waals surface area contributed by atoms with Crippen LogP contribution in [0.3, 0.4) is 0 Å². The second-order valence-corrected chi connectivity index (χ2v) is 8.65. The molecule has 2 heterocycles. The van der Waals surface area contributed by atoms with Gasteiger partial charge < -0.3 is 10.1 Å². The molecule has 1 aliphatic carbocycles. The molecular weight excluding hydrogens is 354 g/mol. The summed E-state index contributed by atoms with van der Waals surface area (Å²) in [6.07, 6.45) is 4.93. The first-order chi connectivity index (χ1) is 12.0. The van der Waals surface area contributed by atoms with Crippen LogP contribution in [0.5, 0.6) is 0 Å². The fraction of sp³-hybridized carbons (Fsp3) is 0.474. The fourth-order valence-electron chi connectivity index (χ4n) is 3.21. The maximum Gasteiger partial charge on any atom is 0.341 e. The van der Waals surface area contributed by atoms with Gasteiger partial charge >= 0.3 is 5.97 Å². The molecule has 0 unspecified atom stereocenters. The average molecular weight is 378 g/mol. The molecule has 134 valence electrons. The second-order valence-electron chi connectivity index (χ2n) is 6.55. The highest BCUT2D eigenvalue weighted by Crippen LogP contribution is 2.40. The van der Waals surface area contributed by atoms with Gasteiger partial charge in [-0.05, 0) is 43.2 Å². The summed E-state index contributed by atoms with van der Waals surface area (Å²) in [7, 11) is 1.39. The molecule has 1 N–H and O–H groups in total. The van der Waals surface area contributed by atoms with Crippen molar-refractivity contribution in [2.75, 3.05) is 12.4 Å². The number of carbonyl (C=O) groups is 2. The average Bonchev–Trinajstić information content (AvgIpc) is 3.18. The maximum atomic E-state index is 12.6. The first kappa shape index (κ1) is 18.1. The van der Waals surface area contributed by atoms with Crippen molar-refractivity contribution in [3.63, 3.8) is 0 Å². The van der Waals surface area contributed by atoms with Crippen LogP contribution >= 0.6 is 22.7 Å². The number of thiophene rings is 2. The number of esters is 1. The number of hydrogen-bond acceptors (Lipinski definition) is 5. The minimum absolute atomic E-state index is 0.157. The minimum Gasteiger partial charge on any atom is -0.465 e. The van der Waals surface area contributed by atoms with Gasteiger partial charge in [-0.3, -0.25) is 4.79 Å². The molecule has 2 aromatic heterocycles. The number of methoxy groups -OCH3 is 1. The zero-order valence-corrected chi connectivity index (χ0v) is 16.4. The molecule has 0 fully saturated rings. The van der Waals surface area contributed by atoms with Crippen molar-refractivity contribution in [2.24, 2.45) is 5.92 Å². The van der Waals surface area contributed by atoms with E-state index < -0.39 is 0 Å². The zero-order valence-electron chi connectivity index (χ0n) is 14.8. The third-order valence-corrected chi connectivity index (χ3v) is 6.71. The van der Waals surface area contributed by atoms with Crippen molar-refractivity contribution in [3.05, 3.63) is 37.9 Å². The van der Waals surface area contributed by atoms with Crippen molar-refractivity contribution in [3.8, 4) is 0 Å². The molecule has 0 bridgehead atoms. The van der Waals surface area contributed by atoms with Gasteiger partial charge in [-0.15, -0.1) is 22.7 Å².